The highest BCUT2D eigenvalue weighted by atomic mass is 35.5. The molecule has 6 saturated heterocycles. The van der Waals surface area contributed by atoms with Crippen LogP contribution in [0.3, 0.4) is 0 Å². The lowest BCUT2D eigenvalue weighted by Gasteiger charge is -2.48. The summed E-state index contributed by atoms with van der Waals surface area (Å²) < 4.78 is 49.3. The van der Waals surface area contributed by atoms with Crippen molar-refractivity contribution in [1.29, 1.82) is 0 Å². The Kier molecular flexibility index (Phi) is 23.9. The number of hydrogen-bond donors (Lipinski definition) is 4. The first-order chi connectivity index (χ1) is 49.1. The number of piperazine rings is 2. The number of anilines is 3. The molecule has 4 aromatic rings. The van der Waals surface area contributed by atoms with Crippen LogP contribution >= 0.6 is 23.2 Å². The van der Waals surface area contributed by atoms with Gasteiger partial charge in [0.25, 0.3) is 0 Å². The molecular weight excluding hydrogens is 1350 g/mol. The number of nitrogens with zero attached hydrogens (tertiary/aromatic N) is 11. The summed E-state index contributed by atoms with van der Waals surface area (Å²) in [5.41, 5.74) is 2.73. The number of carbonyl (C=O) groups is 5. The Morgan fingerprint density at radius 3 is 2.22 bits per heavy atom. The number of amides is 6. The number of aliphatic imine (C=N–C) groups is 1. The number of rotatable bonds is 26. The number of hydrogen-bond acceptors (Lipinski definition) is 17. The van der Waals surface area contributed by atoms with Gasteiger partial charge in [-0.15, -0.1) is 0 Å². The average molecular weight is 1450 g/mol. The topological polar surface area (TPSA) is 225 Å². The van der Waals surface area contributed by atoms with Crippen molar-refractivity contribution in [3.05, 3.63) is 123 Å². The van der Waals surface area contributed by atoms with Crippen LogP contribution in [0, 0.1) is 22.5 Å². The molecule has 0 saturated carbocycles. The molecule has 8 aliphatic rings. The van der Waals surface area contributed by atoms with E-state index in [2.05, 4.69) is 64.7 Å². The number of piperidine rings is 2. The van der Waals surface area contributed by atoms with Gasteiger partial charge in [0.1, 0.15) is 59.5 Å². The summed E-state index contributed by atoms with van der Waals surface area (Å²) in [5.74, 6) is 1.11. The lowest BCUT2D eigenvalue weighted by molar-refractivity contribution is -0.139. The van der Waals surface area contributed by atoms with Crippen LogP contribution in [0.2, 0.25) is 5.02 Å². The number of carbonyl (C=O) groups excluding carboxylic acids is 5. The van der Waals surface area contributed by atoms with Crippen molar-refractivity contribution < 1.29 is 47.0 Å². The maximum absolute atomic E-state index is 15.8. The number of benzene rings is 3. The Hall–Kier alpha value is -7.68. The van der Waals surface area contributed by atoms with Crippen molar-refractivity contribution in [1.82, 2.24) is 55.3 Å². The van der Waals surface area contributed by atoms with Crippen LogP contribution in [0.1, 0.15) is 115 Å². The minimum Gasteiger partial charge on any atom is -0.497 e. The van der Waals surface area contributed by atoms with Gasteiger partial charge in [0.05, 0.1) is 62.3 Å². The molecule has 1 aromatic heterocycles. The fourth-order valence-corrected chi connectivity index (χ4v) is 15.9. The molecule has 2 spiro atoms. The summed E-state index contributed by atoms with van der Waals surface area (Å²) in [4.78, 5) is 98.4. The molecule has 0 unspecified atom stereocenters. The van der Waals surface area contributed by atoms with Gasteiger partial charge in [-0.05, 0) is 156 Å². The zero-order valence-corrected chi connectivity index (χ0v) is 61.1. The minimum absolute atomic E-state index is 0.0299. The second-order valence-electron chi connectivity index (χ2n) is 29.8. The number of likely N-dealkylation sites (tertiary alicyclic amines) is 3. The highest BCUT2D eigenvalue weighted by molar-refractivity contribution is 6.30. The fourth-order valence-electron chi connectivity index (χ4n) is 15.6. The third-order valence-electron chi connectivity index (χ3n) is 21.5. The SMILES string of the molecule is COc1ccc(C2=N[C@@H](c3ccc(Cl)cc3)[C@@H](C3=CC=C(Cl)CC3)N2C(=O)N2CCN(CC(=O)NCCOCCN3CC[C@@]4(CCN(CCC(=O)NCCCNc5cc(N6CCC7(CC6)CN(c6cc(F)c(CN8CCC(C)(C)CC8)cc6F)CC(=O)N7)ncn5)C4)C3)C(=O)C2)c(OC(C)C)c1. The number of ether oxygens (including phenoxy) is 3. The number of nitrogens with one attached hydrogen (secondary N) is 4. The van der Waals surface area contributed by atoms with Crippen LogP contribution in [-0.2, 0) is 30.5 Å². The molecule has 550 valence electrons. The molecule has 6 fully saturated rings. The molecule has 3 aromatic carbocycles. The molecule has 0 bridgehead atoms. The van der Waals surface area contributed by atoms with Crippen LogP contribution in [-0.4, -0.2) is 237 Å². The van der Waals surface area contributed by atoms with E-state index >= 15 is 13.6 Å². The molecule has 12 rings (SSSR count). The van der Waals surface area contributed by atoms with E-state index in [4.69, 9.17) is 42.4 Å². The van der Waals surface area contributed by atoms with E-state index in [0.717, 1.165) is 88.5 Å². The lowest BCUT2D eigenvalue weighted by atomic mass is 9.82. The maximum Gasteiger partial charge on any atom is 0.326 e. The molecule has 8 heterocycles. The van der Waals surface area contributed by atoms with Gasteiger partial charge in [-0.1, -0.05) is 55.3 Å². The van der Waals surface area contributed by atoms with Gasteiger partial charge < -0.3 is 64.9 Å². The number of methoxy groups -OCH3 is 1. The summed E-state index contributed by atoms with van der Waals surface area (Å²) in [7, 11) is 1.58. The second-order valence-corrected chi connectivity index (χ2v) is 30.8. The molecule has 3 atom stereocenters. The molecule has 23 nitrogen and oxygen atoms in total. The van der Waals surface area contributed by atoms with Gasteiger partial charge in [-0.3, -0.25) is 34.0 Å². The Labute approximate surface area is 607 Å². The van der Waals surface area contributed by atoms with Crippen molar-refractivity contribution in [2.75, 3.05) is 160 Å². The number of halogens is 4. The van der Waals surface area contributed by atoms with E-state index in [0.29, 0.717) is 142 Å². The van der Waals surface area contributed by atoms with Gasteiger partial charge in [-0.25, -0.2) is 23.5 Å². The van der Waals surface area contributed by atoms with E-state index in [9.17, 15) is 19.2 Å². The average Bonchev–Trinajstić information content (AvgIpc) is 1.55. The minimum atomic E-state index is -0.592. The number of amidine groups is 1. The zero-order valence-electron chi connectivity index (χ0n) is 59.6. The maximum atomic E-state index is 15.8. The van der Waals surface area contributed by atoms with E-state index in [1.165, 1.54) is 28.3 Å². The predicted octanol–water partition coefficient (Wildman–Crippen LogP) is 8.62. The Morgan fingerprint density at radius 2 is 1.49 bits per heavy atom. The monoisotopic (exact) mass is 1450 g/mol. The van der Waals surface area contributed by atoms with Crippen LogP contribution in [0.5, 0.6) is 11.5 Å². The summed E-state index contributed by atoms with van der Waals surface area (Å²) in [6.07, 6.45) is 12.9. The lowest BCUT2D eigenvalue weighted by Crippen LogP contribution is -2.66. The standard InChI is InChI=1S/C75H99Cl2F2N15O8/c1-51(2)102-62-40-57(100-5)15-16-58(62)71-85-69(52-7-11-55(76)12-8-52)70(53-9-13-56(77)14-10-53)94(71)72(99)92-35-34-91(68(98)46-92)44-66(96)82-26-37-101-38-36-89-31-21-74(48-89)20-30-88(47-74)27-17-65(95)81-25-6-24-80-63-42-64(84-50-83-63)90-32-22-75(23-33-90)49-93(45-67(97)86-75)61-41-59(78)54(39-60(61)79)43-87-28-18-73(3,4)19-29-87/h7-9,11-13,15-16,39-42,50-51,69-70H,6,10,14,17-38,43-49H2,1-5H3,(H,81,95)(H,82,96)(H,86,97)(H,80,83,84)/t69-,70+,74+/m0/s1. The van der Waals surface area contributed by atoms with E-state index < -0.39 is 35.3 Å². The predicted molar refractivity (Wildman–Crippen MR) is 390 cm³/mol. The molecule has 6 amide bonds. The van der Waals surface area contributed by atoms with E-state index in [-0.39, 0.29) is 85.5 Å². The van der Waals surface area contributed by atoms with Crippen molar-refractivity contribution in [2.24, 2.45) is 15.8 Å². The number of aromatic nitrogens is 2. The number of urea groups is 1. The quantitative estimate of drug-likeness (QED) is 0.0432. The fraction of sp³-hybridized carbons (Fsp3) is 0.573. The van der Waals surface area contributed by atoms with Crippen LogP contribution < -0.4 is 40.5 Å². The van der Waals surface area contributed by atoms with Crippen LogP contribution in [0.15, 0.2) is 94.7 Å². The summed E-state index contributed by atoms with van der Waals surface area (Å²) in [6.45, 7) is 19.5. The highest BCUT2D eigenvalue weighted by Gasteiger charge is 2.48. The van der Waals surface area contributed by atoms with Gasteiger partial charge in [0.2, 0.25) is 23.6 Å². The summed E-state index contributed by atoms with van der Waals surface area (Å²) in [6, 6.07) is 15.9. The first-order valence-electron chi connectivity index (χ1n) is 36.3. The Bertz CT molecular complexity index is 3770. The summed E-state index contributed by atoms with van der Waals surface area (Å²) in [5, 5.41) is 13.9. The number of allylic oxidation sites excluding steroid dienone is 3. The molecular formula is C75H99Cl2F2N15O8. The molecule has 1 aliphatic carbocycles. The first kappa shape index (κ1) is 74.1. The third kappa shape index (κ3) is 18.4. The highest BCUT2D eigenvalue weighted by Crippen LogP contribution is 2.44. The van der Waals surface area contributed by atoms with Crippen LogP contribution in [0.4, 0.5) is 30.9 Å². The van der Waals surface area contributed by atoms with Gasteiger partial charge >= 0.3 is 6.03 Å². The summed E-state index contributed by atoms with van der Waals surface area (Å²) >= 11 is 12.9. The first-order valence-corrected chi connectivity index (χ1v) is 37.1. The van der Waals surface area contributed by atoms with Gasteiger partial charge in [-0.2, -0.15) is 0 Å². The molecule has 102 heavy (non-hydrogen) atoms. The van der Waals surface area contributed by atoms with Crippen molar-refractivity contribution >= 4 is 76.0 Å². The van der Waals surface area contributed by atoms with Crippen LogP contribution in [0.25, 0.3) is 0 Å². The normalized spacial score (nSPS) is 22.5. The largest absolute Gasteiger partial charge is 0.497 e. The second kappa shape index (κ2) is 33.0. The Balaban J connectivity index is 0.520. The van der Waals surface area contributed by atoms with Gasteiger partial charge in [0, 0.05) is 125 Å². The molecule has 0 radical (unpaired) electrons. The van der Waals surface area contributed by atoms with E-state index in [1.807, 2.05) is 68.5 Å². The van der Waals surface area contributed by atoms with Crippen molar-refractivity contribution in [3.63, 3.8) is 0 Å². The van der Waals surface area contributed by atoms with Gasteiger partial charge in [0.15, 0.2) is 0 Å². The Morgan fingerprint density at radius 1 is 0.745 bits per heavy atom. The smallest absolute Gasteiger partial charge is 0.326 e. The van der Waals surface area contributed by atoms with Crippen molar-refractivity contribution in [2.45, 2.75) is 122 Å². The molecule has 4 N–H and O–H groups in total. The van der Waals surface area contributed by atoms with Crippen molar-refractivity contribution in [3.8, 4) is 11.5 Å². The molecule has 7 aliphatic heterocycles. The molecule has 27 heteroatoms. The zero-order chi connectivity index (χ0) is 71.7. The third-order valence-corrected chi connectivity index (χ3v) is 22.1. The van der Waals surface area contributed by atoms with E-state index in [1.54, 1.807) is 23.0 Å².